The molecule has 214 valence electrons. The third kappa shape index (κ3) is 4.49. The zero-order chi connectivity index (χ0) is 30.5. The van der Waals surface area contributed by atoms with Crippen molar-refractivity contribution in [3.63, 3.8) is 0 Å². The van der Waals surface area contributed by atoms with Gasteiger partial charge in [-0.3, -0.25) is 4.98 Å². The number of hydrogen-bond donors (Lipinski definition) is 0. The summed E-state index contributed by atoms with van der Waals surface area (Å²) in [7, 11) is 0. The van der Waals surface area contributed by atoms with Crippen LogP contribution in [0.2, 0.25) is 0 Å². The van der Waals surface area contributed by atoms with Crippen LogP contribution in [-0.4, -0.2) is 15.0 Å². The average molecular weight is 586 g/mol. The second-order valence-corrected chi connectivity index (χ2v) is 11.7. The largest absolute Gasteiger partial charge is 0.264 e. The summed E-state index contributed by atoms with van der Waals surface area (Å²) < 4.78 is 0. The van der Waals surface area contributed by atoms with Gasteiger partial charge in [-0.05, 0) is 73.3 Å². The molecule has 2 aromatic heterocycles. The van der Waals surface area contributed by atoms with Crippen LogP contribution in [0.3, 0.4) is 0 Å². The van der Waals surface area contributed by atoms with E-state index in [4.69, 9.17) is 9.97 Å². The second kappa shape index (κ2) is 10.8. The molecule has 2 heterocycles. The van der Waals surface area contributed by atoms with Crippen LogP contribution in [0.5, 0.6) is 0 Å². The number of aromatic nitrogens is 3. The van der Waals surface area contributed by atoms with Crippen LogP contribution in [-0.2, 0) is 0 Å². The molecule has 0 saturated carbocycles. The van der Waals surface area contributed by atoms with Gasteiger partial charge in [0.15, 0.2) is 5.82 Å². The molecule has 0 bridgehead atoms. The molecule has 0 saturated heterocycles. The average Bonchev–Trinajstić information content (AvgIpc) is 3.14. The van der Waals surface area contributed by atoms with E-state index < -0.39 is 0 Å². The summed E-state index contributed by atoms with van der Waals surface area (Å²) >= 11 is 0. The van der Waals surface area contributed by atoms with Gasteiger partial charge in [-0.1, -0.05) is 127 Å². The highest BCUT2D eigenvalue weighted by Crippen LogP contribution is 2.39. The minimum absolute atomic E-state index is 0.712. The molecule has 46 heavy (non-hydrogen) atoms. The van der Waals surface area contributed by atoms with Gasteiger partial charge in [0.05, 0.1) is 11.4 Å². The van der Waals surface area contributed by atoms with Gasteiger partial charge in [-0.25, -0.2) is 9.97 Å². The number of rotatable bonds is 5. The van der Waals surface area contributed by atoms with E-state index in [1.165, 1.54) is 38.1 Å². The van der Waals surface area contributed by atoms with E-state index in [0.717, 1.165) is 44.6 Å². The number of hydrogen-bond acceptors (Lipinski definition) is 3. The lowest BCUT2D eigenvalue weighted by molar-refractivity contribution is 1.19. The molecule has 0 aliphatic heterocycles. The van der Waals surface area contributed by atoms with Crippen LogP contribution >= 0.6 is 0 Å². The maximum atomic E-state index is 5.25. The lowest BCUT2D eigenvalue weighted by atomic mass is 9.91. The van der Waals surface area contributed by atoms with Gasteiger partial charge in [-0.15, -0.1) is 0 Å². The molecule has 0 amide bonds. The van der Waals surface area contributed by atoms with Crippen LogP contribution in [0, 0.1) is 0 Å². The first-order chi connectivity index (χ1) is 22.8. The zero-order valence-corrected chi connectivity index (χ0v) is 24.9. The van der Waals surface area contributed by atoms with Crippen molar-refractivity contribution in [2.45, 2.75) is 0 Å². The monoisotopic (exact) mass is 585 g/mol. The summed E-state index contributed by atoms with van der Waals surface area (Å²) in [4.78, 5) is 14.8. The zero-order valence-electron chi connectivity index (χ0n) is 24.9. The highest BCUT2D eigenvalue weighted by atomic mass is 14.9. The van der Waals surface area contributed by atoms with E-state index in [9.17, 15) is 0 Å². The second-order valence-electron chi connectivity index (χ2n) is 11.7. The van der Waals surface area contributed by atoms with Gasteiger partial charge < -0.3 is 0 Å². The van der Waals surface area contributed by atoms with Crippen molar-refractivity contribution in [2.24, 2.45) is 0 Å². The van der Waals surface area contributed by atoms with Crippen LogP contribution in [0.1, 0.15) is 0 Å². The number of pyridine rings is 1. The molecular formula is C43H27N3. The molecule has 0 aliphatic rings. The van der Waals surface area contributed by atoms with Crippen molar-refractivity contribution < 1.29 is 0 Å². The molecule has 0 unspecified atom stereocenters. The fourth-order valence-electron chi connectivity index (χ4n) is 6.65. The van der Waals surface area contributed by atoms with Crippen molar-refractivity contribution >= 4 is 32.3 Å². The molecule has 0 spiro atoms. The Bertz CT molecular complexity index is 2490. The molecule has 0 N–H and O–H groups in total. The van der Waals surface area contributed by atoms with Crippen molar-refractivity contribution in [3.05, 3.63) is 164 Å². The minimum atomic E-state index is 0.712. The summed E-state index contributed by atoms with van der Waals surface area (Å²) in [5, 5.41) is 7.42. The standard InChI is InChI=1S/C43H27N3/c1-2-7-28(8-3-1)29-14-16-30(17-15-29)39-26-40(35-12-5-11-34(25-35)36-13-6-24-44-27-36)46-43(45-39)38-23-21-33-19-18-31-9-4-10-32-20-22-37(38)42(33)41(31)32/h1-27H. The van der Waals surface area contributed by atoms with Crippen LogP contribution < -0.4 is 0 Å². The molecule has 3 nitrogen and oxygen atoms in total. The maximum Gasteiger partial charge on any atom is 0.161 e. The number of benzene rings is 7. The van der Waals surface area contributed by atoms with E-state index in [1.807, 2.05) is 18.3 Å². The van der Waals surface area contributed by atoms with Gasteiger partial charge in [0.2, 0.25) is 0 Å². The fourth-order valence-corrected chi connectivity index (χ4v) is 6.65. The van der Waals surface area contributed by atoms with E-state index in [1.54, 1.807) is 6.20 Å². The summed E-state index contributed by atoms with van der Waals surface area (Å²) in [5.41, 5.74) is 9.41. The van der Waals surface area contributed by atoms with E-state index in [-0.39, 0.29) is 0 Å². The molecule has 3 heteroatoms. The minimum Gasteiger partial charge on any atom is -0.264 e. The summed E-state index contributed by atoms with van der Waals surface area (Å²) in [6, 6.07) is 53.6. The van der Waals surface area contributed by atoms with Crippen LogP contribution in [0.4, 0.5) is 0 Å². The van der Waals surface area contributed by atoms with Gasteiger partial charge in [-0.2, -0.15) is 0 Å². The van der Waals surface area contributed by atoms with Gasteiger partial charge in [0.1, 0.15) is 0 Å². The van der Waals surface area contributed by atoms with E-state index in [0.29, 0.717) is 5.82 Å². The Balaban J connectivity index is 1.25. The Hall–Kier alpha value is -6.19. The maximum absolute atomic E-state index is 5.25. The lowest BCUT2D eigenvalue weighted by Gasteiger charge is -2.15. The van der Waals surface area contributed by atoms with Gasteiger partial charge in [0.25, 0.3) is 0 Å². The Morgan fingerprint density at radius 3 is 1.76 bits per heavy atom. The van der Waals surface area contributed by atoms with E-state index >= 15 is 0 Å². The van der Waals surface area contributed by atoms with Gasteiger partial charge >= 0.3 is 0 Å². The first kappa shape index (κ1) is 26.2. The highest BCUT2D eigenvalue weighted by Gasteiger charge is 2.16. The predicted octanol–water partition coefficient (Wildman–Crippen LogP) is 11.1. The van der Waals surface area contributed by atoms with Crippen LogP contribution in [0.15, 0.2) is 164 Å². The SMILES string of the molecule is c1ccc(-c2ccc(-c3cc(-c4cccc(-c5cccnc5)c4)nc(-c4ccc5ccc6cccc7ccc4c5c67)n3)cc2)cc1. The Kier molecular flexibility index (Phi) is 6.14. The molecule has 0 aliphatic carbocycles. The molecule has 9 rings (SSSR count). The summed E-state index contributed by atoms with van der Waals surface area (Å²) in [5.74, 6) is 0.712. The molecule has 9 aromatic rings. The Morgan fingerprint density at radius 2 is 0.978 bits per heavy atom. The third-order valence-corrected chi connectivity index (χ3v) is 8.94. The first-order valence-corrected chi connectivity index (χ1v) is 15.5. The molecule has 0 fully saturated rings. The highest BCUT2D eigenvalue weighted by molar-refractivity contribution is 6.25. The van der Waals surface area contributed by atoms with Crippen molar-refractivity contribution in [1.29, 1.82) is 0 Å². The van der Waals surface area contributed by atoms with Crippen LogP contribution in [0.25, 0.3) is 88.5 Å². The molecule has 0 atom stereocenters. The normalized spacial score (nSPS) is 11.5. The van der Waals surface area contributed by atoms with Gasteiger partial charge in [0, 0.05) is 34.6 Å². The van der Waals surface area contributed by atoms with Crippen molar-refractivity contribution in [2.75, 3.05) is 0 Å². The topological polar surface area (TPSA) is 38.7 Å². The summed E-state index contributed by atoms with van der Waals surface area (Å²) in [6.45, 7) is 0. The predicted molar refractivity (Wildman–Crippen MR) is 191 cm³/mol. The van der Waals surface area contributed by atoms with Crippen molar-refractivity contribution in [1.82, 2.24) is 15.0 Å². The molecular weight excluding hydrogens is 558 g/mol. The van der Waals surface area contributed by atoms with E-state index in [2.05, 4.69) is 145 Å². The molecule has 7 aromatic carbocycles. The smallest absolute Gasteiger partial charge is 0.161 e. The Labute approximate surface area is 266 Å². The summed E-state index contributed by atoms with van der Waals surface area (Å²) in [6.07, 6.45) is 3.70. The molecule has 0 radical (unpaired) electrons. The third-order valence-electron chi connectivity index (χ3n) is 8.94. The lowest BCUT2D eigenvalue weighted by Crippen LogP contribution is -1.97. The first-order valence-electron chi connectivity index (χ1n) is 15.5. The number of nitrogens with zero attached hydrogens (tertiary/aromatic N) is 3. The Morgan fingerprint density at radius 1 is 0.370 bits per heavy atom. The van der Waals surface area contributed by atoms with Crippen molar-refractivity contribution in [3.8, 4) is 56.2 Å². The fraction of sp³-hybridized carbons (Fsp3) is 0. The quantitative estimate of drug-likeness (QED) is 0.189.